The Morgan fingerprint density at radius 2 is 1.06 bits per heavy atom. The monoisotopic (exact) mass is 886 g/mol. The van der Waals surface area contributed by atoms with Gasteiger partial charge in [0.25, 0.3) is 0 Å². The molecule has 0 amide bonds. The van der Waals surface area contributed by atoms with Crippen molar-refractivity contribution in [2.75, 3.05) is 4.90 Å². The highest BCUT2D eigenvalue weighted by Crippen LogP contribution is 2.57. The van der Waals surface area contributed by atoms with Crippen LogP contribution >= 0.6 is 0 Å². The minimum absolute atomic E-state index is 0.0676. The SMILES string of the molecule is CC1(c2ccccc2)C=CC2=C(C1)C(C)(C)c1cc(N(c3ccc(-c4ccc5c(c4)c4ccccc4n5-c4ccccc4)cc3)c3ccccc3-c3cccc4c3C(C)(C)c3ccccc3-4)ccc12. The molecule has 0 saturated carbocycles. The molecule has 0 saturated heterocycles. The first-order chi connectivity index (χ1) is 33.6. The first kappa shape index (κ1) is 41.3. The molecule has 0 fully saturated rings. The largest absolute Gasteiger partial charge is 0.310 e. The summed E-state index contributed by atoms with van der Waals surface area (Å²) in [5.41, 5.74) is 23.9. The first-order valence-corrected chi connectivity index (χ1v) is 24.6. The van der Waals surface area contributed by atoms with Gasteiger partial charge >= 0.3 is 0 Å². The molecule has 3 aliphatic carbocycles. The van der Waals surface area contributed by atoms with E-state index in [0.717, 1.165) is 23.5 Å². The Labute approximate surface area is 406 Å². The number of rotatable bonds is 7. The fraction of sp³-hybridized carbons (Fsp3) is 0.134. The van der Waals surface area contributed by atoms with Crippen LogP contribution in [0, 0.1) is 0 Å². The van der Waals surface area contributed by atoms with Crippen LogP contribution in [-0.4, -0.2) is 4.57 Å². The van der Waals surface area contributed by atoms with E-state index < -0.39 is 0 Å². The number of aromatic nitrogens is 1. The van der Waals surface area contributed by atoms with Crippen LogP contribution in [0.3, 0.4) is 0 Å². The fourth-order valence-electron chi connectivity index (χ4n) is 12.5. The molecule has 0 N–H and O–H groups in total. The summed E-state index contributed by atoms with van der Waals surface area (Å²) in [5.74, 6) is 0. The Kier molecular flexibility index (Phi) is 9.14. The first-order valence-electron chi connectivity index (χ1n) is 24.6. The molecule has 2 heteroatoms. The van der Waals surface area contributed by atoms with Crippen LogP contribution in [0.2, 0.25) is 0 Å². The minimum Gasteiger partial charge on any atom is -0.310 e. The summed E-state index contributed by atoms with van der Waals surface area (Å²) in [7, 11) is 0. The molecule has 0 aliphatic heterocycles. The van der Waals surface area contributed by atoms with Crippen molar-refractivity contribution in [3.05, 3.63) is 258 Å². The number of para-hydroxylation sites is 3. The lowest BCUT2D eigenvalue weighted by Gasteiger charge is -2.36. The minimum atomic E-state index is -0.166. The van der Waals surface area contributed by atoms with E-state index in [9.17, 15) is 0 Å². The Balaban J connectivity index is 0.952. The quantitative estimate of drug-likeness (QED) is 0.155. The average Bonchev–Trinajstić information content (AvgIpc) is 3.93. The number of hydrogen-bond donors (Lipinski definition) is 0. The molecular formula is C67H54N2. The number of hydrogen-bond acceptors (Lipinski definition) is 1. The lowest BCUT2D eigenvalue weighted by atomic mass is 9.68. The van der Waals surface area contributed by atoms with E-state index in [2.05, 4.69) is 269 Å². The molecule has 1 heterocycles. The van der Waals surface area contributed by atoms with Gasteiger partial charge in [0.2, 0.25) is 0 Å². The van der Waals surface area contributed by atoms with E-state index in [4.69, 9.17) is 0 Å². The molecule has 0 bridgehead atoms. The van der Waals surface area contributed by atoms with Crippen LogP contribution in [0.1, 0.15) is 68.9 Å². The van der Waals surface area contributed by atoms with Crippen LogP contribution in [-0.2, 0) is 16.2 Å². The van der Waals surface area contributed by atoms with E-state index in [1.165, 1.54) is 99.8 Å². The van der Waals surface area contributed by atoms with Crippen molar-refractivity contribution >= 4 is 44.4 Å². The van der Waals surface area contributed by atoms with Crippen LogP contribution in [0.5, 0.6) is 0 Å². The Bertz CT molecular complexity index is 3750. The third-order valence-electron chi connectivity index (χ3n) is 16.1. The normalized spacial score (nSPS) is 17.2. The molecule has 2 nitrogen and oxygen atoms in total. The third kappa shape index (κ3) is 6.24. The molecule has 1 unspecified atom stereocenters. The Morgan fingerprint density at radius 3 is 1.86 bits per heavy atom. The maximum Gasteiger partial charge on any atom is 0.0541 e. The summed E-state index contributed by atoms with van der Waals surface area (Å²) in [4.78, 5) is 2.52. The molecule has 0 spiro atoms. The highest BCUT2D eigenvalue weighted by molar-refractivity contribution is 6.10. The molecule has 69 heavy (non-hydrogen) atoms. The Hall–Kier alpha value is -7.94. The third-order valence-corrected chi connectivity index (χ3v) is 16.1. The lowest BCUT2D eigenvalue weighted by molar-refractivity contribution is 0.513. The summed E-state index contributed by atoms with van der Waals surface area (Å²) in [6.45, 7) is 12.1. The molecule has 10 aromatic rings. The van der Waals surface area contributed by atoms with E-state index in [1.54, 1.807) is 0 Å². The smallest absolute Gasteiger partial charge is 0.0541 e. The van der Waals surface area contributed by atoms with Gasteiger partial charge in [-0.3, -0.25) is 0 Å². The zero-order chi connectivity index (χ0) is 46.6. The van der Waals surface area contributed by atoms with E-state index in [1.807, 2.05) is 0 Å². The number of allylic oxidation sites excluding steroid dienone is 4. The van der Waals surface area contributed by atoms with Gasteiger partial charge in [0.15, 0.2) is 0 Å². The summed E-state index contributed by atoms with van der Waals surface area (Å²) in [5, 5.41) is 2.51. The maximum absolute atomic E-state index is 2.52. The molecule has 0 radical (unpaired) electrons. The fourth-order valence-corrected chi connectivity index (χ4v) is 12.5. The molecular weight excluding hydrogens is 833 g/mol. The topological polar surface area (TPSA) is 8.17 Å². The van der Waals surface area contributed by atoms with Crippen LogP contribution in [0.15, 0.2) is 230 Å². The van der Waals surface area contributed by atoms with Crippen LogP contribution in [0.4, 0.5) is 17.1 Å². The number of nitrogens with zero attached hydrogens (tertiary/aromatic N) is 2. The molecule has 9 aromatic carbocycles. The predicted molar refractivity (Wildman–Crippen MR) is 291 cm³/mol. The summed E-state index contributed by atoms with van der Waals surface area (Å²) in [6.07, 6.45) is 5.85. The predicted octanol–water partition coefficient (Wildman–Crippen LogP) is 17.9. The van der Waals surface area contributed by atoms with Crippen molar-refractivity contribution in [3.63, 3.8) is 0 Å². The second-order valence-corrected chi connectivity index (χ2v) is 20.8. The van der Waals surface area contributed by atoms with Crippen molar-refractivity contribution in [3.8, 4) is 39.1 Å². The second kappa shape index (κ2) is 15.3. The van der Waals surface area contributed by atoms with Gasteiger partial charge in [-0.2, -0.15) is 0 Å². The lowest BCUT2D eigenvalue weighted by Crippen LogP contribution is -2.28. The van der Waals surface area contributed by atoms with Crippen molar-refractivity contribution in [2.45, 2.75) is 57.3 Å². The molecule has 1 atom stereocenters. The van der Waals surface area contributed by atoms with E-state index in [0.29, 0.717) is 0 Å². The van der Waals surface area contributed by atoms with Crippen molar-refractivity contribution in [1.82, 2.24) is 4.57 Å². The molecule has 13 rings (SSSR count). The molecule has 332 valence electrons. The van der Waals surface area contributed by atoms with Crippen molar-refractivity contribution in [1.29, 1.82) is 0 Å². The molecule has 3 aliphatic rings. The van der Waals surface area contributed by atoms with Gasteiger partial charge in [-0.15, -0.1) is 0 Å². The van der Waals surface area contributed by atoms with Gasteiger partial charge in [-0.05, 0) is 128 Å². The number of fused-ring (bicyclic) bond motifs is 8. The van der Waals surface area contributed by atoms with Gasteiger partial charge in [0, 0.05) is 49.6 Å². The Morgan fingerprint density at radius 1 is 0.435 bits per heavy atom. The zero-order valence-electron chi connectivity index (χ0n) is 40.0. The summed E-state index contributed by atoms with van der Waals surface area (Å²) >= 11 is 0. The highest BCUT2D eigenvalue weighted by atomic mass is 15.1. The zero-order valence-corrected chi connectivity index (χ0v) is 40.0. The highest BCUT2D eigenvalue weighted by Gasteiger charge is 2.43. The van der Waals surface area contributed by atoms with Gasteiger partial charge in [0.05, 0.1) is 16.7 Å². The maximum atomic E-state index is 2.52. The molecule has 1 aromatic heterocycles. The van der Waals surface area contributed by atoms with Crippen molar-refractivity contribution < 1.29 is 0 Å². The summed E-state index contributed by atoms with van der Waals surface area (Å²) < 4.78 is 2.39. The standard InChI is InChI=1S/C67H54N2/c1-65(2)59-42-49(36-37-51(59)52-39-40-67(5,43-60(52)65)46-19-8-6-9-20-46)68(61-29-16-13-24-53(61)56-27-18-26-55-50-23-12-15-28-58(50)66(3,4)64(55)56)48-34-31-44(32-35-48)45-33-38-63-57(41-45)54-25-14-17-30-62(54)69(63)47-21-10-7-11-22-47/h6-42H,43H2,1-5H3. The second-order valence-electron chi connectivity index (χ2n) is 20.8. The van der Waals surface area contributed by atoms with Gasteiger partial charge < -0.3 is 9.47 Å². The number of benzene rings is 9. The van der Waals surface area contributed by atoms with E-state index >= 15 is 0 Å². The van der Waals surface area contributed by atoms with Gasteiger partial charge in [-0.25, -0.2) is 0 Å². The van der Waals surface area contributed by atoms with Crippen molar-refractivity contribution in [2.24, 2.45) is 0 Å². The van der Waals surface area contributed by atoms with Crippen LogP contribution in [0.25, 0.3) is 66.4 Å². The van der Waals surface area contributed by atoms with Gasteiger partial charge in [-0.1, -0.05) is 204 Å². The van der Waals surface area contributed by atoms with E-state index in [-0.39, 0.29) is 16.2 Å². The summed E-state index contributed by atoms with van der Waals surface area (Å²) in [6, 6.07) is 79.0. The number of anilines is 3. The van der Waals surface area contributed by atoms with Gasteiger partial charge in [0.1, 0.15) is 0 Å². The van der Waals surface area contributed by atoms with Crippen LogP contribution < -0.4 is 4.90 Å². The average molecular weight is 887 g/mol.